The summed E-state index contributed by atoms with van der Waals surface area (Å²) < 4.78 is 25.7. The van der Waals surface area contributed by atoms with E-state index < -0.39 is 19.9 Å². The smallest absolute Gasteiger partial charge is 0.258 e. The number of nitrogens with one attached hydrogen (secondary N) is 1. The van der Waals surface area contributed by atoms with Gasteiger partial charge < -0.3 is 0 Å². The van der Waals surface area contributed by atoms with Gasteiger partial charge in [-0.05, 0) is 42.5 Å². The predicted octanol–water partition coefficient (Wildman–Crippen LogP) is 3.97. The molecule has 0 unspecified atom stereocenters. The van der Waals surface area contributed by atoms with Crippen molar-refractivity contribution in [1.82, 2.24) is 9.89 Å². The first-order chi connectivity index (χ1) is 15.7. The van der Waals surface area contributed by atoms with Crippen molar-refractivity contribution >= 4 is 21.4 Å². The highest BCUT2D eigenvalue weighted by Gasteiger charge is 2.20. The van der Waals surface area contributed by atoms with Gasteiger partial charge in [-0.25, -0.2) is 0 Å². The minimum absolute atomic E-state index is 0.0204. The Labute approximate surface area is 187 Å². The first-order valence-electron chi connectivity index (χ1n) is 9.42. The number of nitro benzene ring substituents is 2. The molecule has 1 aromatic heterocycles. The molecule has 1 heterocycles. The van der Waals surface area contributed by atoms with Crippen molar-refractivity contribution in [2.75, 3.05) is 4.83 Å². The topological polar surface area (TPSA) is 150 Å². The molecule has 0 bridgehead atoms. The maximum absolute atomic E-state index is 12.9. The molecule has 3 aromatic carbocycles. The Balaban J connectivity index is 1.79. The van der Waals surface area contributed by atoms with Crippen molar-refractivity contribution in [2.45, 2.75) is 4.90 Å². The summed E-state index contributed by atoms with van der Waals surface area (Å²) in [4.78, 5) is 24.3. The molecule has 0 amide bonds. The lowest BCUT2D eigenvalue weighted by Gasteiger charge is -2.11. The number of nitrogens with zero attached hydrogens (tertiary/aromatic N) is 4. The van der Waals surface area contributed by atoms with Gasteiger partial charge in [0.15, 0.2) is 0 Å². The lowest BCUT2D eigenvalue weighted by molar-refractivity contribution is -0.385. The Hall–Kier alpha value is -4.58. The predicted molar refractivity (Wildman–Crippen MR) is 119 cm³/mol. The third kappa shape index (κ3) is 4.55. The summed E-state index contributed by atoms with van der Waals surface area (Å²) in [7, 11) is -4.00. The third-order valence-corrected chi connectivity index (χ3v) is 6.02. The average molecular weight is 465 g/mol. The average Bonchev–Trinajstić information content (AvgIpc) is 3.22. The zero-order chi connectivity index (χ0) is 23.6. The van der Waals surface area contributed by atoms with Gasteiger partial charge in [0, 0.05) is 35.4 Å². The summed E-state index contributed by atoms with van der Waals surface area (Å²) >= 11 is 0. The van der Waals surface area contributed by atoms with Crippen LogP contribution in [0.1, 0.15) is 0 Å². The Bertz CT molecular complexity index is 1430. The summed E-state index contributed by atoms with van der Waals surface area (Å²) in [5, 5.41) is 26.2. The monoisotopic (exact) mass is 465 g/mol. The van der Waals surface area contributed by atoms with E-state index in [9.17, 15) is 28.6 Å². The third-order valence-electron chi connectivity index (χ3n) is 4.72. The number of aromatic nitrogens is 2. The number of hydrogen-bond acceptors (Lipinski definition) is 7. The second-order valence-corrected chi connectivity index (χ2v) is 8.50. The molecule has 0 saturated heterocycles. The number of benzene rings is 3. The van der Waals surface area contributed by atoms with Crippen molar-refractivity contribution < 1.29 is 18.3 Å². The van der Waals surface area contributed by atoms with Gasteiger partial charge in [-0.3, -0.25) is 20.2 Å². The Morgan fingerprint density at radius 1 is 0.758 bits per heavy atom. The largest absolute Gasteiger partial charge is 0.276 e. The molecule has 0 spiro atoms. The first-order valence-corrected chi connectivity index (χ1v) is 10.9. The fourth-order valence-corrected chi connectivity index (χ4v) is 4.06. The Morgan fingerprint density at radius 3 is 1.79 bits per heavy atom. The van der Waals surface area contributed by atoms with E-state index in [2.05, 4.69) is 9.93 Å². The van der Waals surface area contributed by atoms with Crippen LogP contribution >= 0.6 is 0 Å². The van der Waals surface area contributed by atoms with Gasteiger partial charge in [-0.1, -0.05) is 18.2 Å². The van der Waals surface area contributed by atoms with Gasteiger partial charge in [-0.2, -0.15) is 23.1 Å². The molecule has 1 N–H and O–H groups in total. The van der Waals surface area contributed by atoms with E-state index in [4.69, 9.17) is 0 Å². The fraction of sp³-hybridized carbons (Fsp3) is 0. The van der Waals surface area contributed by atoms with E-state index in [1.165, 1.54) is 60.7 Å². The van der Waals surface area contributed by atoms with Crippen molar-refractivity contribution in [2.24, 2.45) is 0 Å². The van der Waals surface area contributed by atoms with Crippen LogP contribution in [0.15, 0.2) is 89.8 Å². The maximum atomic E-state index is 12.9. The maximum Gasteiger partial charge on any atom is 0.276 e. The van der Waals surface area contributed by atoms with E-state index >= 15 is 0 Å². The van der Waals surface area contributed by atoms with E-state index in [1.807, 2.05) is 0 Å². The Morgan fingerprint density at radius 2 is 1.27 bits per heavy atom. The molecule has 33 heavy (non-hydrogen) atoms. The van der Waals surface area contributed by atoms with E-state index in [1.54, 1.807) is 24.3 Å². The van der Waals surface area contributed by atoms with Gasteiger partial charge in [0.2, 0.25) is 0 Å². The van der Waals surface area contributed by atoms with Crippen molar-refractivity contribution in [3.05, 3.63) is 105 Å². The Kier molecular flexibility index (Phi) is 5.58. The molecule has 0 saturated carbocycles. The molecule has 0 aliphatic heterocycles. The molecule has 0 aliphatic carbocycles. The highest BCUT2D eigenvalue weighted by molar-refractivity contribution is 7.92. The molecular weight excluding hydrogens is 450 g/mol. The zero-order valence-corrected chi connectivity index (χ0v) is 17.5. The molecule has 0 fully saturated rings. The van der Waals surface area contributed by atoms with Crippen LogP contribution in [0.3, 0.4) is 0 Å². The zero-order valence-electron chi connectivity index (χ0n) is 16.7. The summed E-state index contributed by atoms with van der Waals surface area (Å²) in [5.41, 5.74) is 1.43. The number of sulfonamides is 1. The molecule has 0 radical (unpaired) electrons. The molecular formula is C21H15N5O6S. The quantitative estimate of drug-likeness (QED) is 0.320. The van der Waals surface area contributed by atoms with Crippen LogP contribution in [0.2, 0.25) is 0 Å². The van der Waals surface area contributed by atoms with Crippen LogP contribution in [-0.4, -0.2) is 28.2 Å². The molecule has 12 heteroatoms. The lowest BCUT2D eigenvalue weighted by Crippen LogP contribution is -2.25. The van der Waals surface area contributed by atoms with Crippen LogP contribution in [-0.2, 0) is 10.0 Å². The van der Waals surface area contributed by atoms with Crippen LogP contribution in [0.25, 0.3) is 22.5 Å². The van der Waals surface area contributed by atoms with Gasteiger partial charge in [0.25, 0.3) is 21.4 Å². The lowest BCUT2D eigenvalue weighted by atomic mass is 10.1. The van der Waals surface area contributed by atoms with Crippen LogP contribution < -0.4 is 4.83 Å². The molecule has 11 nitrogen and oxygen atoms in total. The van der Waals surface area contributed by atoms with Crippen molar-refractivity contribution in [1.29, 1.82) is 0 Å². The number of non-ortho nitro benzene ring substituents is 2. The van der Waals surface area contributed by atoms with Crippen LogP contribution in [0.5, 0.6) is 0 Å². The van der Waals surface area contributed by atoms with Gasteiger partial charge in [0.1, 0.15) is 0 Å². The van der Waals surface area contributed by atoms with Gasteiger partial charge in [0.05, 0.1) is 26.1 Å². The molecule has 4 aromatic rings. The molecule has 0 atom stereocenters. The second kappa shape index (κ2) is 8.51. The van der Waals surface area contributed by atoms with E-state index in [-0.39, 0.29) is 16.3 Å². The molecule has 166 valence electrons. The minimum atomic E-state index is -4.00. The van der Waals surface area contributed by atoms with E-state index in [0.717, 1.165) is 4.79 Å². The standard InChI is InChI=1S/C21H15N5O6S/c27-25(28)17-10-6-15(7-11-17)20-14-21(16-8-12-18(13-9-16)26(29)30)24(22-20)23-33(31,32)19-4-2-1-3-5-19/h1-14,23H. The minimum Gasteiger partial charge on any atom is -0.258 e. The first kappa shape index (κ1) is 21.6. The highest BCUT2D eigenvalue weighted by Crippen LogP contribution is 2.28. The number of hydrogen-bond donors (Lipinski definition) is 1. The molecule has 0 aliphatic rings. The second-order valence-electron chi connectivity index (χ2n) is 6.84. The van der Waals surface area contributed by atoms with E-state index in [0.29, 0.717) is 22.5 Å². The fourth-order valence-electron chi connectivity index (χ4n) is 3.07. The SMILES string of the molecule is O=[N+]([O-])c1ccc(-c2cc(-c3ccc([N+](=O)[O-])cc3)n(NS(=O)(=O)c3ccccc3)n2)cc1. The summed E-state index contributed by atoms with van der Waals surface area (Å²) in [6.07, 6.45) is 0. The molecule has 4 rings (SSSR count). The highest BCUT2D eigenvalue weighted by atomic mass is 32.2. The van der Waals surface area contributed by atoms with Crippen molar-refractivity contribution in [3.8, 4) is 22.5 Å². The number of rotatable bonds is 7. The van der Waals surface area contributed by atoms with Crippen LogP contribution in [0, 0.1) is 20.2 Å². The summed E-state index contributed by atoms with van der Waals surface area (Å²) in [6.45, 7) is 0. The summed E-state index contributed by atoms with van der Waals surface area (Å²) in [6, 6.07) is 20.4. The van der Waals surface area contributed by atoms with Gasteiger partial charge in [-0.15, -0.1) is 0 Å². The summed E-state index contributed by atoms with van der Waals surface area (Å²) in [5.74, 6) is 0. The van der Waals surface area contributed by atoms with Crippen LogP contribution in [0.4, 0.5) is 11.4 Å². The van der Waals surface area contributed by atoms with Crippen molar-refractivity contribution in [3.63, 3.8) is 0 Å². The normalized spacial score (nSPS) is 11.2. The number of nitro groups is 2. The van der Waals surface area contributed by atoms with Gasteiger partial charge >= 0.3 is 0 Å².